The number of pyridine rings is 1. The second-order valence-corrected chi connectivity index (χ2v) is 5.31. The highest BCUT2D eigenvalue weighted by Crippen LogP contribution is 2.27. The average molecular weight is 318 g/mol. The molecule has 2 aromatic carbocycles. The highest BCUT2D eigenvalue weighted by molar-refractivity contribution is 6.02. The monoisotopic (exact) mass is 318 g/mol. The second kappa shape index (κ2) is 5.27. The normalized spacial score (nSPS) is 11.0. The van der Waals surface area contributed by atoms with Crippen LogP contribution < -0.4 is 5.63 Å². The summed E-state index contributed by atoms with van der Waals surface area (Å²) >= 11 is 0. The minimum absolute atomic E-state index is 0.0800. The van der Waals surface area contributed by atoms with Gasteiger partial charge in [-0.25, -0.2) is 4.79 Å². The van der Waals surface area contributed by atoms with Gasteiger partial charge in [0.2, 0.25) is 0 Å². The molecule has 6 heteroatoms. The molecule has 0 bridgehead atoms. The van der Waals surface area contributed by atoms with Gasteiger partial charge in [-0.05, 0) is 23.8 Å². The van der Waals surface area contributed by atoms with Crippen molar-refractivity contribution in [1.29, 1.82) is 0 Å². The maximum atomic E-state index is 12.4. The molecule has 0 aliphatic rings. The van der Waals surface area contributed by atoms with Gasteiger partial charge in [0.05, 0.1) is 16.0 Å². The number of nitro groups is 1. The predicted molar refractivity (Wildman–Crippen MR) is 89.9 cm³/mol. The van der Waals surface area contributed by atoms with E-state index in [-0.39, 0.29) is 11.3 Å². The van der Waals surface area contributed by atoms with Crippen molar-refractivity contribution < 1.29 is 9.34 Å². The lowest BCUT2D eigenvalue weighted by Crippen LogP contribution is -2.03. The molecule has 0 unspecified atom stereocenters. The summed E-state index contributed by atoms with van der Waals surface area (Å²) in [6.07, 6.45) is 1.63. The molecule has 24 heavy (non-hydrogen) atoms. The second-order valence-electron chi connectivity index (χ2n) is 5.31. The topological polar surface area (TPSA) is 86.2 Å². The van der Waals surface area contributed by atoms with Crippen LogP contribution in [0.5, 0.6) is 0 Å². The van der Waals surface area contributed by atoms with E-state index in [1.807, 2.05) is 24.3 Å². The van der Waals surface area contributed by atoms with Crippen molar-refractivity contribution >= 4 is 27.6 Å². The van der Waals surface area contributed by atoms with Crippen molar-refractivity contribution in [3.63, 3.8) is 0 Å². The first-order chi connectivity index (χ1) is 11.6. The van der Waals surface area contributed by atoms with Crippen LogP contribution in [0.25, 0.3) is 33.0 Å². The Morgan fingerprint density at radius 1 is 1.04 bits per heavy atom. The lowest BCUT2D eigenvalue weighted by Gasteiger charge is -2.05. The summed E-state index contributed by atoms with van der Waals surface area (Å²) < 4.78 is 5.50. The maximum Gasteiger partial charge on any atom is 0.344 e. The molecule has 0 fully saturated rings. The Hall–Kier alpha value is -3.54. The summed E-state index contributed by atoms with van der Waals surface area (Å²) in [5.74, 6) is 0. The molecule has 0 atom stereocenters. The van der Waals surface area contributed by atoms with Crippen LogP contribution in [0.4, 0.5) is 5.69 Å². The average Bonchev–Trinajstić information content (AvgIpc) is 2.61. The van der Waals surface area contributed by atoms with Crippen molar-refractivity contribution in [3.8, 4) is 11.1 Å². The number of non-ortho nitro benzene ring substituents is 1. The summed E-state index contributed by atoms with van der Waals surface area (Å²) in [6.45, 7) is 0. The van der Waals surface area contributed by atoms with Gasteiger partial charge in [-0.15, -0.1) is 0 Å². The minimum atomic E-state index is -0.542. The highest BCUT2D eigenvalue weighted by Gasteiger charge is 2.13. The first kappa shape index (κ1) is 14.1. The molecule has 0 aliphatic heterocycles. The van der Waals surface area contributed by atoms with Crippen LogP contribution in [0.1, 0.15) is 0 Å². The Balaban J connectivity index is 1.99. The predicted octanol–water partition coefficient (Wildman–Crippen LogP) is 3.92. The van der Waals surface area contributed by atoms with Gasteiger partial charge < -0.3 is 4.42 Å². The van der Waals surface area contributed by atoms with Crippen molar-refractivity contribution in [2.45, 2.75) is 0 Å². The highest BCUT2D eigenvalue weighted by atomic mass is 16.6. The van der Waals surface area contributed by atoms with E-state index in [0.29, 0.717) is 16.5 Å². The number of hydrogen-bond acceptors (Lipinski definition) is 5. The Morgan fingerprint density at radius 2 is 1.88 bits per heavy atom. The molecular formula is C18H10N2O4. The minimum Gasteiger partial charge on any atom is -0.421 e. The summed E-state index contributed by atoms with van der Waals surface area (Å²) in [5.41, 5.74) is 1.27. The SMILES string of the molecule is O=c1oc2c(cnc3ccccc32)cc1-c1cccc([N+](=O)[O-])c1. The Kier molecular flexibility index (Phi) is 3.09. The number of hydrogen-bond donors (Lipinski definition) is 0. The van der Waals surface area contributed by atoms with Crippen LogP contribution in [0, 0.1) is 10.1 Å². The fraction of sp³-hybridized carbons (Fsp3) is 0. The molecule has 0 saturated carbocycles. The fourth-order valence-electron chi connectivity index (χ4n) is 2.70. The third-order valence-electron chi connectivity index (χ3n) is 3.84. The summed E-state index contributed by atoms with van der Waals surface area (Å²) in [4.78, 5) is 27.2. The zero-order chi connectivity index (χ0) is 16.7. The van der Waals surface area contributed by atoms with Crippen LogP contribution in [0.15, 0.2) is 70.0 Å². The van der Waals surface area contributed by atoms with Crippen LogP contribution in [-0.2, 0) is 0 Å². The molecule has 2 aromatic heterocycles. The van der Waals surface area contributed by atoms with Gasteiger partial charge >= 0.3 is 5.63 Å². The van der Waals surface area contributed by atoms with Crippen molar-refractivity contribution in [2.24, 2.45) is 0 Å². The molecule has 0 N–H and O–H groups in total. The van der Waals surface area contributed by atoms with E-state index in [9.17, 15) is 14.9 Å². The molecule has 0 radical (unpaired) electrons. The largest absolute Gasteiger partial charge is 0.421 e. The van der Waals surface area contributed by atoms with Crippen LogP contribution in [0.3, 0.4) is 0 Å². The van der Waals surface area contributed by atoms with Crippen molar-refractivity contribution in [1.82, 2.24) is 4.98 Å². The Bertz CT molecular complexity index is 1160. The first-order valence-corrected chi connectivity index (χ1v) is 7.20. The van der Waals surface area contributed by atoms with Crippen LogP contribution >= 0.6 is 0 Å². The van der Waals surface area contributed by atoms with Crippen molar-refractivity contribution in [3.05, 3.63) is 81.3 Å². The summed E-state index contributed by atoms with van der Waals surface area (Å²) in [6, 6.07) is 14.9. The lowest BCUT2D eigenvalue weighted by molar-refractivity contribution is -0.384. The van der Waals surface area contributed by atoms with E-state index in [1.165, 1.54) is 18.2 Å². The van der Waals surface area contributed by atoms with Gasteiger partial charge in [-0.2, -0.15) is 0 Å². The molecule has 116 valence electrons. The number of aromatic nitrogens is 1. The van der Waals surface area contributed by atoms with Gasteiger partial charge in [0.15, 0.2) is 0 Å². The van der Waals surface area contributed by atoms with Gasteiger partial charge in [0, 0.05) is 29.1 Å². The zero-order valence-corrected chi connectivity index (χ0v) is 12.3. The number of benzene rings is 2. The van der Waals surface area contributed by atoms with E-state index in [4.69, 9.17) is 4.42 Å². The lowest BCUT2D eigenvalue weighted by atomic mass is 10.1. The zero-order valence-electron chi connectivity index (χ0n) is 12.3. The van der Waals surface area contributed by atoms with E-state index in [1.54, 1.807) is 18.3 Å². The quantitative estimate of drug-likeness (QED) is 0.318. The van der Waals surface area contributed by atoms with Gasteiger partial charge in [0.1, 0.15) is 5.58 Å². The van der Waals surface area contributed by atoms with Gasteiger partial charge in [-0.3, -0.25) is 15.1 Å². The first-order valence-electron chi connectivity index (χ1n) is 7.20. The number of rotatable bonds is 2. The molecular weight excluding hydrogens is 308 g/mol. The standard InChI is InChI=1S/C18H10N2O4/c21-18-15(11-4-3-5-13(8-11)20(22)23)9-12-10-19-16-7-2-1-6-14(16)17(12)24-18/h1-10H. The van der Waals surface area contributed by atoms with E-state index in [0.717, 1.165) is 10.9 Å². The number of nitrogens with zero attached hydrogens (tertiary/aromatic N) is 2. The smallest absolute Gasteiger partial charge is 0.344 e. The van der Waals surface area contributed by atoms with Gasteiger partial charge in [0.25, 0.3) is 5.69 Å². The number of nitro benzene ring substituents is 1. The molecule has 0 aliphatic carbocycles. The summed E-state index contributed by atoms with van der Waals surface area (Å²) in [5, 5.41) is 12.3. The van der Waals surface area contributed by atoms with E-state index < -0.39 is 10.5 Å². The van der Waals surface area contributed by atoms with Crippen molar-refractivity contribution in [2.75, 3.05) is 0 Å². The molecule has 4 aromatic rings. The molecule has 4 rings (SSSR count). The number of para-hydroxylation sites is 1. The van der Waals surface area contributed by atoms with Crippen LogP contribution in [-0.4, -0.2) is 9.91 Å². The third kappa shape index (κ3) is 2.21. The maximum absolute atomic E-state index is 12.4. The Morgan fingerprint density at radius 3 is 2.71 bits per heavy atom. The van der Waals surface area contributed by atoms with E-state index in [2.05, 4.69) is 4.98 Å². The van der Waals surface area contributed by atoms with Gasteiger partial charge in [-0.1, -0.05) is 24.3 Å². The molecule has 0 saturated heterocycles. The third-order valence-corrected chi connectivity index (χ3v) is 3.84. The fourth-order valence-corrected chi connectivity index (χ4v) is 2.70. The molecule has 0 spiro atoms. The Labute approximate surface area is 135 Å². The van der Waals surface area contributed by atoms with Crippen LogP contribution in [0.2, 0.25) is 0 Å². The summed E-state index contributed by atoms with van der Waals surface area (Å²) in [7, 11) is 0. The molecule has 0 amide bonds. The molecule has 2 heterocycles. The van der Waals surface area contributed by atoms with E-state index >= 15 is 0 Å². The number of fused-ring (bicyclic) bond motifs is 3. The molecule has 6 nitrogen and oxygen atoms in total.